The van der Waals surface area contributed by atoms with Crippen LogP contribution in [-0.2, 0) is 11.2 Å². The monoisotopic (exact) mass is 351 g/mol. The van der Waals surface area contributed by atoms with Crippen LogP contribution in [0.5, 0.6) is 0 Å². The van der Waals surface area contributed by atoms with Gasteiger partial charge in [-0.05, 0) is 55.9 Å². The Hall–Kier alpha value is -2.11. The minimum atomic E-state index is 0.253. The largest absolute Gasteiger partial charge is 0.298 e. The van der Waals surface area contributed by atoms with Gasteiger partial charge >= 0.3 is 0 Å². The Balaban J connectivity index is 1.54. The third kappa shape index (κ3) is 3.78. The summed E-state index contributed by atoms with van der Waals surface area (Å²) in [4.78, 5) is 24.5. The first kappa shape index (κ1) is 16.4. The minimum Gasteiger partial charge on any atom is -0.298 e. The van der Waals surface area contributed by atoms with E-state index in [2.05, 4.69) is 39.1 Å². The van der Waals surface area contributed by atoms with Crippen LogP contribution in [0.4, 0.5) is 0 Å². The van der Waals surface area contributed by atoms with Gasteiger partial charge < -0.3 is 0 Å². The molecule has 0 aliphatic carbocycles. The van der Waals surface area contributed by atoms with Gasteiger partial charge in [-0.2, -0.15) is 0 Å². The summed E-state index contributed by atoms with van der Waals surface area (Å²) in [5, 5.41) is 3.29. The van der Waals surface area contributed by atoms with Crippen molar-refractivity contribution in [1.29, 1.82) is 0 Å². The van der Waals surface area contributed by atoms with E-state index in [0.717, 1.165) is 34.6 Å². The number of hydrogen-bond donors (Lipinski definition) is 0. The van der Waals surface area contributed by atoms with Crippen LogP contribution in [0.15, 0.2) is 36.7 Å². The van der Waals surface area contributed by atoms with Crippen LogP contribution < -0.4 is 0 Å². The van der Waals surface area contributed by atoms with Gasteiger partial charge in [0.2, 0.25) is 0 Å². The summed E-state index contributed by atoms with van der Waals surface area (Å²) in [5.41, 5.74) is 2.02. The highest BCUT2D eigenvalue weighted by Crippen LogP contribution is 2.28. The average Bonchev–Trinajstić information content (AvgIpc) is 3.26. The SMILES string of the molecule is Cc1ncc(-c2ccc3cnc(CC(=O)CN4CCCC4)cc3c2)s1. The van der Waals surface area contributed by atoms with Gasteiger partial charge in [-0.15, -0.1) is 11.3 Å². The molecule has 1 aliphatic heterocycles. The molecule has 0 saturated carbocycles. The number of ketones is 1. The number of likely N-dealkylation sites (tertiary alicyclic amines) is 1. The fourth-order valence-corrected chi connectivity index (χ4v) is 4.15. The Kier molecular flexibility index (Phi) is 4.59. The van der Waals surface area contributed by atoms with Gasteiger partial charge in [0.25, 0.3) is 0 Å². The van der Waals surface area contributed by atoms with Gasteiger partial charge in [0.15, 0.2) is 5.78 Å². The number of fused-ring (bicyclic) bond motifs is 1. The Bertz CT molecular complexity index is 912. The summed E-state index contributed by atoms with van der Waals surface area (Å²) >= 11 is 1.70. The maximum atomic E-state index is 12.3. The number of carbonyl (C=O) groups excluding carboxylic acids is 1. The summed E-state index contributed by atoms with van der Waals surface area (Å²) < 4.78 is 0. The van der Waals surface area contributed by atoms with Crippen molar-refractivity contribution in [3.05, 3.63) is 47.4 Å². The lowest BCUT2D eigenvalue weighted by molar-refractivity contribution is -0.119. The zero-order valence-electron chi connectivity index (χ0n) is 14.4. The van der Waals surface area contributed by atoms with Crippen molar-refractivity contribution in [2.75, 3.05) is 19.6 Å². The van der Waals surface area contributed by atoms with Gasteiger partial charge in [-0.3, -0.25) is 14.7 Å². The van der Waals surface area contributed by atoms with Crippen molar-refractivity contribution in [2.24, 2.45) is 0 Å². The molecule has 0 unspecified atom stereocenters. The molecule has 5 heteroatoms. The second-order valence-corrected chi connectivity index (χ2v) is 7.91. The van der Waals surface area contributed by atoms with Crippen molar-refractivity contribution in [1.82, 2.24) is 14.9 Å². The molecule has 4 nitrogen and oxygen atoms in total. The molecule has 2 aromatic heterocycles. The van der Waals surface area contributed by atoms with Crippen molar-refractivity contribution in [3.8, 4) is 10.4 Å². The number of nitrogens with zero attached hydrogens (tertiary/aromatic N) is 3. The number of aromatic nitrogens is 2. The lowest BCUT2D eigenvalue weighted by Crippen LogP contribution is -2.27. The molecule has 3 aromatic rings. The van der Waals surface area contributed by atoms with Crippen LogP contribution in [0.25, 0.3) is 21.2 Å². The van der Waals surface area contributed by atoms with E-state index >= 15 is 0 Å². The molecule has 1 aromatic carbocycles. The van der Waals surface area contributed by atoms with E-state index in [1.54, 1.807) is 11.3 Å². The van der Waals surface area contributed by atoms with E-state index in [-0.39, 0.29) is 5.78 Å². The molecule has 1 saturated heterocycles. The molecule has 0 bridgehead atoms. The third-order valence-electron chi connectivity index (χ3n) is 4.66. The summed E-state index contributed by atoms with van der Waals surface area (Å²) in [5.74, 6) is 0.253. The second kappa shape index (κ2) is 7.02. The Labute approximate surface area is 151 Å². The van der Waals surface area contributed by atoms with E-state index in [4.69, 9.17) is 0 Å². The number of pyridine rings is 1. The molecule has 0 radical (unpaired) electrons. The molecule has 1 aliphatic rings. The first-order valence-corrected chi connectivity index (χ1v) is 9.54. The summed E-state index contributed by atoms with van der Waals surface area (Å²) in [7, 11) is 0. The fraction of sp³-hybridized carbons (Fsp3) is 0.350. The number of Topliss-reactive ketones (excluding diaryl/α,β-unsaturated/α-hetero) is 1. The van der Waals surface area contributed by atoms with Crippen LogP contribution in [0.3, 0.4) is 0 Å². The average molecular weight is 351 g/mol. The van der Waals surface area contributed by atoms with E-state index in [1.165, 1.54) is 23.3 Å². The molecule has 0 N–H and O–H groups in total. The normalized spacial score (nSPS) is 15.1. The maximum absolute atomic E-state index is 12.3. The Morgan fingerprint density at radius 3 is 2.72 bits per heavy atom. The number of benzene rings is 1. The van der Waals surface area contributed by atoms with Crippen LogP contribution in [-0.4, -0.2) is 40.3 Å². The van der Waals surface area contributed by atoms with Crippen LogP contribution in [0.1, 0.15) is 23.5 Å². The van der Waals surface area contributed by atoms with E-state index in [9.17, 15) is 4.79 Å². The zero-order valence-corrected chi connectivity index (χ0v) is 15.2. The first-order valence-electron chi connectivity index (χ1n) is 8.73. The third-order valence-corrected chi connectivity index (χ3v) is 5.62. The highest BCUT2D eigenvalue weighted by atomic mass is 32.1. The molecule has 25 heavy (non-hydrogen) atoms. The quantitative estimate of drug-likeness (QED) is 0.700. The second-order valence-electron chi connectivity index (χ2n) is 6.68. The van der Waals surface area contributed by atoms with E-state index in [0.29, 0.717) is 13.0 Å². The van der Waals surface area contributed by atoms with Gasteiger partial charge in [-0.25, -0.2) is 4.98 Å². The molecule has 3 heterocycles. The smallest absolute Gasteiger partial charge is 0.152 e. The van der Waals surface area contributed by atoms with Gasteiger partial charge in [0.1, 0.15) is 0 Å². The van der Waals surface area contributed by atoms with Crippen molar-refractivity contribution in [3.63, 3.8) is 0 Å². The minimum absolute atomic E-state index is 0.253. The molecule has 0 spiro atoms. The number of thiazole rings is 1. The summed E-state index contributed by atoms with van der Waals surface area (Å²) in [6, 6.07) is 8.41. The van der Waals surface area contributed by atoms with Gasteiger partial charge in [0, 0.05) is 23.5 Å². The van der Waals surface area contributed by atoms with Crippen molar-refractivity contribution >= 4 is 27.9 Å². The fourth-order valence-electron chi connectivity index (χ4n) is 3.38. The zero-order chi connectivity index (χ0) is 17.2. The lowest BCUT2D eigenvalue weighted by atomic mass is 10.1. The topological polar surface area (TPSA) is 46.1 Å². The molecule has 128 valence electrons. The first-order chi connectivity index (χ1) is 12.2. The van der Waals surface area contributed by atoms with Gasteiger partial charge in [0.05, 0.1) is 22.9 Å². The lowest BCUT2D eigenvalue weighted by Gasteiger charge is -2.13. The van der Waals surface area contributed by atoms with Gasteiger partial charge in [-0.1, -0.05) is 12.1 Å². The molecule has 1 fully saturated rings. The highest BCUT2D eigenvalue weighted by molar-refractivity contribution is 7.15. The Morgan fingerprint density at radius 1 is 1.12 bits per heavy atom. The van der Waals surface area contributed by atoms with E-state index in [1.807, 2.05) is 19.3 Å². The summed E-state index contributed by atoms with van der Waals surface area (Å²) in [6.45, 7) is 4.67. The predicted molar refractivity (Wildman–Crippen MR) is 102 cm³/mol. The number of rotatable bonds is 5. The van der Waals surface area contributed by atoms with Crippen LogP contribution in [0, 0.1) is 6.92 Å². The van der Waals surface area contributed by atoms with Crippen molar-refractivity contribution < 1.29 is 4.79 Å². The maximum Gasteiger partial charge on any atom is 0.152 e. The van der Waals surface area contributed by atoms with Crippen LogP contribution in [0.2, 0.25) is 0 Å². The molecule has 0 atom stereocenters. The highest BCUT2D eigenvalue weighted by Gasteiger charge is 2.15. The summed E-state index contributed by atoms with van der Waals surface area (Å²) in [6.07, 6.45) is 6.62. The Morgan fingerprint density at radius 2 is 1.96 bits per heavy atom. The predicted octanol–water partition coefficient (Wildman–Crippen LogP) is 3.87. The van der Waals surface area contributed by atoms with E-state index < -0.39 is 0 Å². The molecule has 0 amide bonds. The number of carbonyl (C=O) groups is 1. The van der Waals surface area contributed by atoms with Crippen molar-refractivity contribution in [2.45, 2.75) is 26.2 Å². The molecular weight excluding hydrogens is 330 g/mol. The molecular formula is C20H21N3OS. The number of aryl methyl sites for hydroxylation is 1. The standard InChI is InChI=1S/C20H21N3OS/c1-14-21-12-20(25-14)15-4-5-16-11-22-18(9-17(16)8-15)10-19(24)13-23-6-2-3-7-23/h4-5,8-9,11-12H,2-3,6-7,10,13H2,1H3. The number of hydrogen-bond acceptors (Lipinski definition) is 5. The molecule has 4 rings (SSSR count). The van der Waals surface area contributed by atoms with Crippen LogP contribution >= 0.6 is 11.3 Å².